The van der Waals surface area contributed by atoms with E-state index in [0.717, 1.165) is 31.4 Å². The number of allylic oxidation sites excluding steroid dienone is 5. The van der Waals surface area contributed by atoms with Gasteiger partial charge in [-0.2, -0.15) is 0 Å². The molecule has 3 nitrogen and oxygen atoms in total. The van der Waals surface area contributed by atoms with Gasteiger partial charge in [-0.3, -0.25) is 4.79 Å². The van der Waals surface area contributed by atoms with Crippen LogP contribution in [0.2, 0.25) is 0 Å². The van der Waals surface area contributed by atoms with Crippen LogP contribution < -0.4 is 0 Å². The van der Waals surface area contributed by atoms with Gasteiger partial charge in [0.25, 0.3) is 0 Å². The molecule has 0 amide bonds. The molecule has 0 N–H and O–H groups in total. The molecule has 0 aromatic carbocycles. The van der Waals surface area contributed by atoms with Crippen molar-refractivity contribution in [3.8, 4) is 0 Å². The summed E-state index contributed by atoms with van der Waals surface area (Å²) in [5.74, 6) is 0.899. The first-order valence-electron chi connectivity index (χ1n) is 9.85. The lowest BCUT2D eigenvalue weighted by Gasteiger charge is -2.53. The quantitative estimate of drug-likeness (QED) is 0.599. The molecule has 3 rings (SSSR count). The molecule has 2 heterocycles. The van der Waals surface area contributed by atoms with Crippen LogP contribution in [0.3, 0.4) is 0 Å². The summed E-state index contributed by atoms with van der Waals surface area (Å²) < 4.78 is 12.4. The van der Waals surface area contributed by atoms with E-state index >= 15 is 0 Å². The van der Waals surface area contributed by atoms with E-state index in [1.807, 2.05) is 0 Å². The van der Waals surface area contributed by atoms with Crippen LogP contribution in [0.5, 0.6) is 0 Å². The van der Waals surface area contributed by atoms with Crippen molar-refractivity contribution in [2.24, 2.45) is 16.7 Å². The van der Waals surface area contributed by atoms with Crippen LogP contribution in [0.25, 0.3) is 0 Å². The van der Waals surface area contributed by atoms with E-state index in [-0.39, 0.29) is 28.6 Å². The summed E-state index contributed by atoms with van der Waals surface area (Å²) in [5, 5.41) is 0. The van der Waals surface area contributed by atoms with Crippen LogP contribution in [0.4, 0.5) is 0 Å². The van der Waals surface area contributed by atoms with Crippen molar-refractivity contribution in [3.05, 3.63) is 35.1 Å². The zero-order valence-electron chi connectivity index (χ0n) is 17.4. The van der Waals surface area contributed by atoms with Crippen molar-refractivity contribution in [3.63, 3.8) is 0 Å². The largest absolute Gasteiger partial charge is 0.500 e. The number of hydrogen-bond donors (Lipinski definition) is 0. The lowest BCUT2D eigenvalue weighted by molar-refractivity contribution is -0.137. The molecule has 1 aliphatic carbocycles. The fraction of sp³-hybridized carbons (Fsp3) is 0.696. The summed E-state index contributed by atoms with van der Waals surface area (Å²) in [6.45, 7) is 12.9. The van der Waals surface area contributed by atoms with E-state index in [9.17, 15) is 4.79 Å². The Bertz CT molecular complexity index is 692. The van der Waals surface area contributed by atoms with Gasteiger partial charge in [-0.15, -0.1) is 0 Å². The van der Waals surface area contributed by atoms with Gasteiger partial charge in [0.15, 0.2) is 5.78 Å². The highest BCUT2D eigenvalue weighted by molar-refractivity contribution is 5.96. The summed E-state index contributed by atoms with van der Waals surface area (Å²) in [7, 11) is 1.69. The maximum atomic E-state index is 13.1. The van der Waals surface area contributed by atoms with Gasteiger partial charge < -0.3 is 9.47 Å². The maximum absolute atomic E-state index is 13.1. The van der Waals surface area contributed by atoms with E-state index < -0.39 is 5.60 Å². The maximum Gasteiger partial charge on any atom is 0.165 e. The van der Waals surface area contributed by atoms with Crippen molar-refractivity contribution in [1.29, 1.82) is 0 Å². The van der Waals surface area contributed by atoms with Crippen molar-refractivity contribution in [1.82, 2.24) is 0 Å². The van der Waals surface area contributed by atoms with Gasteiger partial charge in [0.2, 0.25) is 0 Å². The molecular formula is C23H34O3. The first-order chi connectivity index (χ1) is 12.1. The second-order valence-corrected chi connectivity index (χ2v) is 9.36. The minimum absolute atomic E-state index is 0.0937. The highest BCUT2D eigenvalue weighted by Gasteiger charge is 2.76. The average molecular weight is 359 g/mol. The minimum Gasteiger partial charge on any atom is -0.500 e. The fourth-order valence-corrected chi connectivity index (χ4v) is 5.79. The molecular weight excluding hydrogens is 324 g/mol. The summed E-state index contributed by atoms with van der Waals surface area (Å²) in [5.41, 5.74) is 1.81. The molecule has 3 heteroatoms. The second-order valence-electron chi connectivity index (χ2n) is 9.36. The molecule has 2 fully saturated rings. The first kappa shape index (κ1) is 19.4. The standard InChI is InChI=1S/C23H34O3/c1-15(2)9-8-11-21(5)19-14-23(12-10-16(3)4)18(25-7)13-17(24)20(21)22(23,6)26-19/h9-10,13,19-20H,8,11-12,14H2,1-7H3/t19-,20-,21-,22+,23-/m1/s1. The van der Waals surface area contributed by atoms with Gasteiger partial charge >= 0.3 is 0 Å². The summed E-state index contributed by atoms with van der Waals surface area (Å²) >= 11 is 0. The van der Waals surface area contributed by atoms with E-state index in [1.54, 1.807) is 13.2 Å². The number of methoxy groups -OCH3 is 1. The Hall–Kier alpha value is -1.35. The predicted molar refractivity (Wildman–Crippen MR) is 105 cm³/mol. The monoisotopic (exact) mass is 358 g/mol. The normalized spacial score (nSPS) is 40.3. The molecule has 0 aromatic heterocycles. The molecule has 0 unspecified atom stereocenters. The Balaban J connectivity index is 2.03. The fourth-order valence-electron chi connectivity index (χ4n) is 5.79. The van der Waals surface area contributed by atoms with E-state index in [4.69, 9.17) is 9.47 Å². The highest BCUT2D eigenvalue weighted by atomic mass is 16.5. The third kappa shape index (κ3) is 2.54. The van der Waals surface area contributed by atoms with Crippen molar-refractivity contribution in [2.75, 3.05) is 7.11 Å². The number of carbonyl (C=O) groups excluding carboxylic acids is 1. The van der Waals surface area contributed by atoms with Crippen molar-refractivity contribution < 1.29 is 14.3 Å². The number of fused-ring (bicyclic) bond motifs is 1. The lowest BCUT2D eigenvalue weighted by Crippen LogP contribution is -2.60. The van der Waals surface area contributed by atoms with E-state index in [0.29, 0.717) is 0 Å². The topological polar surface area (TPSA) is 35.5 Å². The smallest absolute Gasteiger partial charge is 0.165 e. The zero-order valence-corrected chi connectivity index (χ0v) is 17.4. The van der Waals surface area contributed by atoms with E-state index in [2.05, 4.69) is 53.7 Å². The Kier molecular flexibility index (Phi) is 4.75. The van der Waals surface area contributed by atoms with Crippen LogP contribution in [0.1, 0.15) is 67.2 Å². The van der Waals surface area contributed by atoms with Gasteiger partial charge in [-0.25, -0.2) is 0 Å². The Morgan fingerprint density at radius 3 is 2.46 bits per heavy atom. The third-order valence-electron chi connectivity index (χ3n) is 7.16. The molecule has 144 valence electrons. The number of rotatable bonds is 6. The molecule has 0 spiro atoms. The Morgan fingerprint density at radius 2 is 1.88 bits per heavy atom. The Morgan fingerprint density at radius 1 is 1.23 bits per heavy atom. The predicted octanol–water partition coefficient (Wildman–Crippen LogP) is 5.37. The van der Waals surface area contributed by atoms with Crippen molar-refractivity contribution in [2.45, 2.75) is 78.9 Å². The van der Waals surface area contributed by atoms with Crippen LogP contribution in [0, 0.1) is 16.7 Å². The molecule has 2 saturated heterocycles. The van der Waals surface area contributed by atoms with Gasteiger partial charge in [0.05, 0.1) is 30.1 Å². The lowest BCUT2D eigenvalue weighted by atomic mass is 9.47. The second kappa shape index (κ2) is 6.37. The van der Waals surface area contributed by atoms with Gasteiger partial charge in [-0.1, -0.05) is 30.2 Å². The van der Waals surface area contributed by atoms with Crippen LogP contribution >= 0.6 is 0 Å². The molecule has 2 bridgehead atoms. The number of carbonyl (C=O) groups is 1. The van der Waals surface area contributed by atoms with Crippen molar-refractivity contribution >= 4 is 5.78 Å². The molecule has 0 aromatic rings. The summed E-state index contributed by atoms with van der Waals surface area (Å²) in [6, 6.07) is 0. The SMILES string of the molecule is COC1=CC(=O)[C@@H]2[C@](C)(CCC=C(C)C)[C@H]3C[C@@]1(CC=C(C)C)[C@@]2(C)O3. The summed E-state index contributed by atoms with van der Waals surface area (Å²) in [6.07, 6.45) is 10.2. The molecule has 0 saturated carbocycles. The summed E-state index contributed by atoms with van der Waals surface area (Å²) in [4.78, 5) is 13.1. The molecule has 3 aliphatic rings. The first-order valence-corrected chi connectivity index (χ1v) is 9.85. The third-order valence-corrected chi connectivity index (χ3v) is 7.16. The van der Waals surface area contributed by atoms with Crippen LogP contribution in [-0.4, -0.2) is 24.6 Å². The molecule has 2 aliphatic heterocycles. The number of ketones is 1. The van der Waals surface area contributed by atoms with Crippen LogP contribution in [0.15, 0.2) is 35.1 Å². The highest BCUT2D eigenvalue weighted by Crippen LogP contribution is 2.71. The van der Waals surface area contributed by atoms with E-state index in [1.165, 1.54) is 11.1 Å². The molecule has 5 atom stereocenters. The molecule has 26 heavy (non-hydrogen) atoms. The average Bonchev–Trinajstić information content (AvgIpc) is 2.96. The minimum atomic E-state index is -0.486. The number of hydrogen-bond acceptors (Lipinski definition) is 3. The van der Waals surface area contributed by atoms with Gasteiger partial charge in [0, 0.05) is 11.5 Å². The number of ether oxygens (including phenoxy) is 2. The van der Waals surface area contributed by atoms with Gasteiger partial charge in [-0.05, 0) is 60.3 Å². The van der Waals surface area contributed by atoms with Gasteiger partial charge in [0.1, 0.15) is 5.76 Å². The molecule has 0 radical (unpaired) electrons. The zero-order chi connectivity index (χ0) is 19.3. The van der Waals surface area contributed by atoms with Crippen LogP contribution in [-0.2, 0) is 14.3 Å². The Labute approximate surface area is 158 Å².